The van der Waals surface area contributed by atoms with Crippen LogP contribution in [-0.2, 0) is 11.2 Å². The van der Waals surface area contributed by atoms with Crippen molar-refractivity contribution in [1.82, 2.24) is 5.32 Å². The smallest absolute Gasteiger partial charge is 0.407 e. The Morgan fingerprint density at radius 2 is 1.16 bits per heavy atom. The van der Waals surface area contributed by atoms with Crippen LogP contribution < -0.4 is 5.32 Å². The van der Waals surface area contributed by atoms with E-state index in [-0.39, 0.29) is 24.7 Å². The topological polar surface area (TPSA) is 55.4 Å². The highest BCUT2D eigenvalue weighted by molar-refractivity contribution is 6.32. The van der Waals surface area contributed by atoms with Crippen molar-refractivity contribution in [2.24, 2.45) is 0 Å². The van der Waals surface area contributed by atoms with E-state index in [1.165, 1.54) is 0 Å². The van der Waals surface area contributed by atoms with E-state index in [0.717, 1.165) is 50.4 Å². The van der Waals surface area contributed by atoms with Crippen LogP contribution in [0.2, 0.25) is 10.0 Å². The Morgan fingerprint density at radius 1 is 0.612 bits per heavy atom. The third-order valence-electron chi connectivity index (χ3n) is 8.98. The summed E-state index contributed by atoms with van der Waals surface area (Å²) >= 11 is 13.5. The van der Waals surface area contributed by atoms with Gasteiger partial charge in [-0.25, -0.2) is 4.79 Å². The highest BCUT2D eigenvalue weighted by Crippen LogP contribution is 2.44. The fraction of sp³-hybridized carbons (Fsp3) is 0.0930. The molecule has 0 aliphatic heterocycles. The third kappa shape index (κ3) is 6.89. The average molecular weight is 682 g/mol. The predicted octanol–water partition coefficient (Wildman–Crippen LogP) is 10.3. The van der Waals surface area contributed by atoms with Gasteiger partial charge >= 0.3 is 6.09 Å². The number of carbonyl (C=O) groups is 2. The molecule has 0 saturated heterocycles. The minimum atomic E-state index is -0.954. The monoisotopic (exact) mass is 680 g/mol. The van der Waals surface area contributed by atoms with E-state index in [9.17, 15) is 9.59 Å². The quantitative estimate of drug-likeness (QED) is 0.116. The summed E-state index contributed by atoms with van der Waals surface area (Å²) in [5.41, 5.74) is 8.39. The lowest BCUT2D eigenvalue weighted by Gasteiger charge is -2.22. The van der Waals surface area contributed by atoms with E-state index in [1.54, 1.807) is 18.2 Å². The second-order valence-electron chi connectivity index (χ2n) is 12.0. The van der Waals surface area contributed by atoms with Crippen molar-refractivity contribution >= 4 is 35.1 Å². The van der Waals surface area contributed by atoms with E-state index in [2.05, 4.69) is 29.6 Å². The molecule has 6 aromatic rings. The van der Waals surface area contributed by atoms with Crippen LogP contribution in [0.1, 0.15) is 49.7 Å². The first kappa shape index (κ1) is 32.4. The normalized spacial score (nSPS) is 12.6. The summed E-state index contributed by atoms with van der Waals surface area (Å²) in [5.74, 6) is 0.541. The molecule has 0 heterocycles. The third-order valence-corrected chi connectivity index (χ3v) is 9.66. The van der Waals surface area contributed by atoms with Crippen LogP contribution >= 0.6 is 23.2 Å². The van der Waals surface area contributed by atoms with E-state index in [0.29, 0.717) is 15.6 Å². The molecule has 6 aromatic carbocycles. The molecule has 1 amide bonds. The zero-order chi connectivity index (χ0) is 33.7. The van der Waals surface area contributed by atoms with Gasteiger partial charge in [0.2, 0.25) is 0 Å². The van der Waals surface area contributed by atoms with Gasteiger partial charge in [-0.05, 0) is 56.6 Å². The molecule has 7 rings (SSSR count). The highest BCUT2D eigenvalue weighted by Gasteiger charge is 2.31. The van der Waals surface area contributed by atoms with Crippen molar-refractivity contribution in [2.45, 2.75) is 18.4 Å². The molecule has 49 heavy (non-hydrogen) atoms. The maximum Gasteiger partial charge on any atom is 0.407 e. The number of Topliss-reactive ketones (excluding diaryl/α,β-unsaturated/α-hetero) is 1. The van der Waals surface area contributed by atoms with Gasteiger partial charge in [0.1, 0.15) is 6.61 Å². The number of carbonyl (C=O) groups excluding carboxylic acids is 2. The van der Waals surface area contributed by atoms with Gasteiger partial charge in [-0.3, -0.25) is 4.79 Å². The molecule has 4 nitrogen and oxygen atoms in total. The molecule has 1 aliphatic rings. The number of hydrogen-bond acceptors (Lipinski definition) is 3. The fourth-order valence-corrected chi connectivity index (χ4v) is 7.12. The lowest BCUT2D eigenvalue weighted by Crippen LogP contribution is -2.43. The van der Waals surface area contributed by atoms with Crippen LogP contribution in [0.15, 0.2) is 152 Å². The number of nitrogens with one attached hydrogen (secondary N) is 1. The molecule has 0 unspecified atom stereocenters. The molecule has 0 spiro atoms. The minimum Gasteiger partial charge on any atom is -0.449 e. The summed E-state index contributed by atoms with van der Waals surface area (Å²) in [4.78, 5) is 27.6. The molecule has 0 fully saturated rings. The first-order chi connectivity index (χ1) is 24.0. The molecule has 1 aliphatic carbocycles. The van der Waals surface area contributed by atoms with Gasteiger partial charge in [0, 0.05) is 27.9 Å². The molecule has 6 heteroatoms. The van der Waals surface area contributed by atoms with Gasteiger partial charge < -0.3 is 10.1 Å². The maximum atomic E-state index is 14.2. The number of rotatable bonds is 10. The van der Waals surface area contributed by atoms with Crippen molar-refractivity contribution < 1.29 is 14.3 Å². The zero-order valence-corrected chi connectivity index (χ0v) is 28.0. The summed E-state index contributed by atoms with van der Waals surface area (Å²) in [7, 11) is 0. The SMILES string of the molecule is O=C(N[C@@H](Cc1ccccc1Cl)C(=O)c1ccc([C](c2ccccc2)c2ccccc2)c(Cl)c1)OCC1c2ccccc2-c2ccccc21. The second-order valence-corrected chi connectivity index (χ2v) is 12.8. The van der Waals surface area contributed by atoms with Crippen LogP contribution in [0.5, 0.6) is 0 Å². The van der Waals surface area contributed by atoms with Crippen molar-refractivity contribution in [2.75, 3.05) is 6.61 Å². The van der Waals surface area contributed by atoms with Gasteiger partial charge in [-0.2, -0.15) is 0 Å². The number of ketones is 1. The van der Waals surface area contributed by atoms with Crippen LogP contribution in [0.25, 0.3) is 11.1 Å². The summed E-state index contributed by atoms with van der Waals surface area (Å²) in [5, 5.41) is 3.78. The van der Waals surface area contributed by atoms with Crippen molar-refractivity contribution in [3.8, 4) is 11.1 Å². The number of hydrogen-bond donors (Lipinski definition) is 1. The van der Waals surface area contributed by atoms with Gasteiger partial charge in [0.05, 0.1) is 12.0 Å². The number of halogens is 2. The molecule has 0 bridgehead atoms. The van der Waals surface area contributed by atoms with Crippen LogP contribution in [0.4, 0.5) is 4.79 Å². The van der Waals surface area contributed by atoms with Crippen LogP contribution in [-0.4, -0.2) is 24.5 Å². The standard InChI is InChI=1S/C43H32Cl2NO3/c44-38-22-12-7-17-30(38)26-40(46-43(48)49-27-37-34-20-10-8-18-32(34)33-19-9-11-21-35(33)37)42(47)31-23-24-36(39(45)25-31)41(28-13-3-1-4-14-28)29-15-5-2-6-16-29/h1-25,37,40H,26-27H2,(H,46,48)/t40-/m0/s1. The Labute approximate surface area is 296 Å². The predicted molar refractivity (Wildman–Crippen MR) is 196 cm³/mol. The van der Waals surface area contributed by atoms with E-state index >= 15 is 0 Å². The maximum absolute atomic E-state index is 14.2. The van der Waals surface area contributed by atoms with Gasteiger partial charge in [-0.1, -0.05) is 163 Å². The number of amides is 1. The Morgan fingerprint density at radius 3 is 1.76 bits per heavy atom. The average Bonchev–Trinajstić information content (AvgIpc) is 3.46. The van der Waals surface area contributed by atoms with E-state index in [1.807, 2.05) is 109 Å². The van der Waals surface area contributed by atoms with Crippen molar-refractivity contribution in [3.63, 3.8) is 0 Å². The fourth-order valence-electron chi connectivity index (χ4n) is 6.64. The highest BCUT2D eigenvalue weighted by atomic mass is 35.5. The first-order valence-corrected chi connectivity index (χ1v) is 16.9. The van der Waals surface area contributed by atoms with Crippen LogP contribution in [0, 0.1) is 5.92 Å². The lowest BCUT2D eigenvalue weighted by molar-refractivity contribution is 0.0919. The number of fused-ring (bicyclic) bond motifs is 3. The molecular formula is C43H32Cl2NO3. The molecular weight excluding hydrogens is 649 g/mol. The number of alkyl carbamates (subject to hydrolysis) is 1. The summed E-state index contributed by atoms with van der Waals surface area (Å²) in [6.45, 7) is 0.130. The molecule has 0 saturated carbocycles. The summed E-state index contributed by atoms with van der Waals surface area (Å²) < 4.78 is 5.83. The van der Waals surface area contributed by atoms with Crippen molar-refractivity contribution in [3.05, 3.63) is 207 Å². The zero-order valence-electron chi connectivity index (χ0n) is 26.5. The summed E-state index contributed by atoms with van der Waals surface area (Å²) in [6, 6.07) is 48.0. The minimum absolute atomic E-state index is 0.109. The van der Waals surface area contributed by atoms with E-state index < -0.39 is 12.1 Å². The summed E-state index contributed by atoms with van der Waals surface area (Å²) in [6.07, 6.45) is -0.508. The Bertz CT molecular complexity index is 2030. The lowest BCUT2D eigenvalue weighted by atomic mass is 9.84. The second kappa shape index (κ2) is 14.5. The van der Waals surface area contributed by atoms with Gasteiger partial charge in [0.25, 0.3) is 0 Å². The van der Waals surface area contributed by atoms with Crippen molar-refractivity contribution in [1.29, 1.82) is 0 Å². The molecule has 1 atom stereocenters. The van der Waals surface area contributed by atoms with Gasteiger partial charge in [0.15, 0.2) is 5.78 Å². The van der Waals surface area contributed by atoms with Crippen LogP contribution in [0.3, 0.4) is 0 Å². The molecule has 1 N–H and O–H groups in total. The van der Waals surface area contributed by atoms with E-state index in [4.69, 9.17) is 27.9 Å². The number of ether oxygens (including phenoxy) is 1. The first-order valence-electron chi connectivity index (χ1n) is 16.1. The Hall–Kier alpha value is -5.16. The number of benzene rings is 6. The Kier molecular flexibility index (Phi) is 9.61. The molecule has 1 radical (unpaired) electrons. The molecule has 241 valence electrons. The molecule has 0 aromatic heterocycles. The Balaban J connectivity index is 1.14. The largest absolute Gasteiger partial charge is 0.449 e. The van der Waals surface area contributed by atoms with Gasteiger partial charge in [-0.15, -0.1) is 0 Å².